The Hall–Kier alpha value is 1.27. The summed E-state index contributed by atoms with van der Waals surface area (Å²) < 4.78 is 0. The molecule has 0 unspecified atom stereocenters. The first kappa shape index (κ1) is 15.7. The minimum absolute atomic E-state index is 0. The smallest absolute Gasteiger partial charge is 0 e. The number of hydrogen-bond donors (Lipinski definition) is 0. The summed E-state index contributed by atoms with van der Waals surface area (Å²) in [5, 5.41) is 0. The molecule has 0 bridgehead atoms. The summed E-state index contributed by atoms with van der Waals surface area (Å²) in [7, 11) is 0. The molecule has 0 saturated carbocycles. The van der Waals surface area contributed by atoms with Crippen molar-refractivity contribution in [1.29, 1.82) is 0 Å². The fourth-order valence-corrected chi connectivity index (χ4v) is 0. The van der Waals surface area contributed by atoms with Gasteiger partial charge in [0.15, 0.2) is 0 Å². The van der Waals surface area contributed by atoms with E-state index < -0.39 is 0 Å². The van der Waals surface area contributed by atoms with Crippen LogP contribution in [-0.4, -0.2) is 32.0 Å². The number of ketones is 1. The number of carbonyl (C=O) groups is 1. The van der Waals surface area contributed by atoms with Gasteiger partial charge in [-0.15, -0.1) is 0 Å². The third-order valence-electron chi connectivity index (χ3n) is 0. The second kappa shape index (κ2) is 9.55. The Kier molecular flexibility index (Phi) is 24.9. The average Bonchev–Trinajstić information content (AvgIpc) is 0.811. The van der Waals surface area contributed by atoms with Gasteiger partial charge < -0.3 is 4.79 Å². The molecule has 3 heteroatoms. The Bertz CT molecular complexity index is 33.8. The fraction of sp³-hybridized carbons (Fsp3) is 0.667. The van der Waals surface area contributed by atoms with E-state index in [1.54, 1.807) is 0 Å². The molecule has 6 heavy (non-hydrogen) atoms. The van der Waals surface area contributed by atoms with E-state index in [-0.39, 0.29) is 53.7 Å². The maximum Gasteiger partial charge on any atom is 0 e. The van der Waals surface area contributed by atoms with E-state index in [0.29, 0.717) is 0 Å². The van der Waals surface area contributed by atoms with E-state index in [0.717, 1.165) is 0 Å². The number of hydrogen-bond acceptors (Lipinski definition) is 1. The van der Waals surface area contributed by atoms with Gasteiger partial charge in [-0.05, 0) is 13.8 Å². The Labute approximate surface area is 71.9 Å². The predicted molar refractivity (Wildman–Crippen MR) is 26.3 cm³/mol. The molecule has 0 aliphatic rings. The molecule has 36 valence electrons. The predicted octanol–water partition coefficient (Wildman–Crippen LogP) is -0.591. The van der Waals surface area contributed by atoms with Crippen molar-refractivity contribution in [3.8, 4) is 0 Å². The molecular weight excluding hydrogens is 309 g/mol. The van der Waals surface area contributed by atoms with E-state index in [2.05, 4.69) is 0 Å². The third kappa shape index (κ3) is 59.7. The Morgan fingerprint density at radius 3 is 1.33 bits per heavy atom. The fourth-order valence-electron chi connectivity index (χ4n) is 0. The molecule has 0 saturated heterocycles. The van der Waals surface area contributed by atoms with Crippen LogP contribution in [0, 0.1) is 0 Å². The molecule has 0 aliphatic heterocycles. The Morgan fingerprint density at radius 1 is 1.33 bits per heavy atom. The molecule has 0 rings (SSSR count). The summed E-state index contributed by atoms with van der Waals surface area (Å²) in [5.41, 5.74) is 0. The van der Waals surface area contributed by atoms with Crippen LogP contribution in [0.1, 0.15) is 13.8 Å². The van der Waals surface area contributed by atoms with Crippen LogP contribution >= 0.6 is 0 Å². The second-order valence-electron chi connectivity index (χ2n) is 0.908. The van der Waals surface area contributed by atoms with E-state index in [9.17, 15) is 4.79 Å². The van der Waals surface area contributed by atoms with Gasteiger partial charge in [-0.2, -0.15) is 0 Å². The molecule has 0 spiro atoms. The van der Waals surface area contributed by atoms with Gasteiger partial charge in [-0.1, -0.05) is 0 Å². The zero-order valence-electron chi connectivity index (χ0n) is 4.12. The maximum atomic E-state index is 9.44. The van der Waals surface area contributed by atoms with Crippen molar-refractivity contribution in [3.05, 3.63) is 0 Å². The molecule has 0 amide bonds. The van der Waals surface area contributed by atoms with Crippen LogP contribution in [-0.2, 0) is 26.5 Å². The van der Waals surface area contributed by atoms with Crippen molar-refractivity contribution in [2.75, 3.05) is 0 Å². The summed E-state index contributed by atoms with van der Waals surface area (Å²) in [6.45, 7) is 3.06. The molecule has 1 nitrogen and oxygen atoms in total. The largest absolute Gasteiger partial charge is 0 e. The van der Waals surface area contributed by atoms with Gasteiger partial charge in [0.05, 0.1) is 0 Å². The number of Topliss-reactive ketones (excluding diaryl/α,β-unsaturated/α-hetero) is 1. The second-order valence-corrected chi connectivity index (χ2v) is 0.908. The summed E-state index contributed by atoms with van der Waals surface area (Å²) in [6, 6.07) is 0. The van der Waals surface area contributed by atoms with Crippen molar-refractivity contribution < 1.29 is 26.5 Å². The first-order valence-electron chi connectivity index (χ1n) is 1.20. The van der Waals surface area contributed by atoms with Gasteiger partial charge in [0, 0.05) is 21.7 Å². The molecule has 0 fully saturated rings. The van der Waals surface area contributed by atoms with Crippen LogP contribution in [0.15, 0.2) is 0 Å². The SMILES string of the molecule is CC(C)=O.[BiH3].[Ti]. The average molecular weight is 318 g/mol. The molecule has 0 aromatic heterocycles. The molecule has 0 radical (unpaired) electrons. The number of carbonyl (C=O) groups excluding carboxylic acids is 1. The summed E-state index contributed by atoms with van der Waals surface area (Å²) in [5.74, 6) is 0.167. The van der Waals surface area contributed by atoms with Crippen molar-refractivity contribution in [3.63, 3.8) is 0 Å². The molecule has 0 heterocycles. The minimum atomic E-state index is 0. The standard InChI is InChI=1S/C3H6O.Bi.Ti.3H/c1-3(2)4;;;;;/h1-2H3;;;;;. The van der Waals surface area contributed by atoms with Gasteiger partial charge in [-0.25, -0.2) is 0 Å². The van der Waals surface area contributed by atoms with Crippen LogP contribution < -0.4 is 0 Å². The molecule has 0 aliphatic carbocycles. The summed E-state index contributed by atoms with van der Waals surface area (Å²) in [6.07, 6.45) is 0. The molecule has 0 aromatic rings. The van der Waals surface area contributed by atoms with Crippen LogP contribution in [0.2, 0.25) is 0 Å². The van der Waals surface area contributed by atoms with Gasteiger partial charge in [0.2, 0.25) is 0 Å². The Morgan fingerprint density at radius 2 is 1.33 bits per heavy atom. The van der Waals surface area contributed by atoms with Crippen molar-refractivity contribution in [2.24, 2.45) is 0 Å². The molecule has 0 aromatic carbocycles. The van der Waals surface area contributed by atoms with Crippen molar-refractivity contribution >= 4 is 32.0 Å². The zero-order valence-corrected chi connectivity index (χ0v) is 11.2. The summed E-state index contributed by atoms with van der Waals surface area (Å²) in [4.78, 5) is 9.44. The van der Waals surface area contributed by atoms with Crippen LogP contribution in [0.4, 0.5) is 0 Å². The van der Waals surface area contributed by atoms with Crippen molar-refractivity contribution in [1.82, 2.24) is 0 Å². The normalized spacial score (nSPS) is 4.33. The van der Waals surface area contributed by atoms with E-state index in [1.165, 1.54) is 13.8 Å². The molecular formula is C3H9BiOTi. The first-order chi connectivity index (χ1) is 1.73. The van der Waals surface area contributed by atoms with Crippen LogP contribution in [0.25, 0.3) is 0 Å². The molecule has 0 N–H and O–H groups in total. The van der Waals surface area contributed by atoms with Gasteiger partial charge >= 0.3 is 26.2 Å². The van der Waals surface area contributed by atoms with Gasteiger partial charge in [-0.3, -0.25) is 0 Å². The van der Waals surface area contributed by atoms with E-state index in [1.807, 2.05) is 0 Å². The third-order valence-corrected chi connectivity index (χ3v) is 0. The monoisotopic (exact) mass is 318 g/mol. The quantitative estimate of drug-likeness (QED) is 0.546. The maximum absolute atomic E-state index is 9.44. The minimum Gasteiger partial charge on any atom is 0 e. The van der Waals surface area contributed by atoms with Crippen molar-refractivity contribution in [2.45, 2.75) is 13.8 Å². The molecule has 0 atom stereocenters. The topological polar surface area (TPSA) is 17.1 Å². The zero-order chi connectivity index (χ0) is 3.58. The van der Waals surface area contributed by atoms with Crippen LogP contribution in [0.5, 0.6) is 0 Å². The summed E-state index contributed by atoms with van der Waals surface area (Å²) >= 11 is 0. The van der Waals surface area contributed by atoms with Gasteiger partial charge in [0.1, 0.15) is 5.78 Å². The van der Waals surface area contributed by atoms with E-state index >= 15 is 0 Å². The Balaban J connectivity index is -0.0000000450. The first-order valence-corrected chi connectivity index (χ1v) is 1.20. The van der Waals surface area contributed by atoms with Crippen LogP contribution in [0.3, 0.4) is 0 Å². The van der Waals surface area contributed by atoms with Gasteiger partial charge in [0.25, 0.3) is 0 Å². The number of rotatable bonds is 0. The van der Waals surface area contributed by atoms with E-state index in [4.69, 9.17) is 0 Å².